The molecule has 8 nitrogen and oxygen atoms in total. The van der Waals surface area contributed by atoms with Crippen molar-refractivity contribution >= 4 is 30.5 Å². The highest BCUT2D eigenvalue weighted by molar-refractivity contribution is 7.90. The van der Waals surface area contributed by atoms with E-state index in [9.17, 15) is 17.7 Å². The van der Waals surface area contributed by atoms with Gasteiger partial charge in [0.05, 0.1) is 29.8 Å². The van der Waals surface area contributed by atoms with E-state index in [0.717, 1.165) is 18.5 Å². The first-order chi connectivity index (χ1) is 17.8. The summed E-state index contributed by atoms with van der Waals surface area (Å²) in [4.78, 5) is 4.77. The number of fused-ring (bicyclic) bond motifs is 1. The van der Waals surface area contributed by atoms with E-state index in [-0.39, 0.29) is 12.8 Å². The van der Waals surface area contributed by atoms with Crippen molar-refractivity contribution in [2.45, 2.75) is 102 Å². The van der Waals surface area contributed by atoms with Gasteiger partial charge in [-0.2, -0.15) is 13.2 Å². The lowest BCUT2D eigenvalue weighted by Crippen LogP contribution is -2.47. The van der Waals surface area contributed by atoms with Crippen LogP contribution in [-0.2, 0) is 32.3 Å². The van der Waals surface area contributed by atoms with Gasteiger partial charge in [-0.05, 0) is 58.4 Å². The Labute approximate surface area is 234 Å². The normalized spacial score (nSPS) is 17.3. The minimum Gasteiger partial charge on any atom is -0.598 e. The molecular formula is C26H45F3N4O4SSi. The third-order valence-electron chi connectivity index (χ3n) is 6.21. The minimum absolute atomic E-state index is 0.112. The highest BCUT2D eigenvalue weighted by Crippen LogP contribution is 2.31. The number of halogens is 3. The Morgan fingerprint density at radius 3 is 2.36 bits per heavy atom. The lowest BCUT2D eigenvalue weighted by molar-refractivity contribution is -0.227. The topological polar surface area (TPSA) is 107 Å². The molecule has 0 saturated carbocycles. The predicted octanol–water partition coefficient (Wildman–Crippen LogP) is 5.44. The van der Waals surface area contributed by atoms with Gasteiger partial charge in [-0.15, -0.1) is 4.72 Å². The monoisotopic (exact) mass is 594 g/mol. The van der Waals surface area contributed by atoms with Crippen LogP contribution in [0.25, 0.3) is 11.0 Å². The molecule has 0 bridgehead atoms. The van der Waals surface area contributed by atoms with Crippen molar-refractivity contribution in [3.8, 4) is 0 Å². The second kappa shape index (κ2) is 13.6. The van der Waals surface area contributed by atoms with E-state index >= 15 is 0 Å². The van der Waals surface area contributed by atoms with E-state index in [0.29, 0.717) is 30.1 Å². The molecule has 0 fully saturated rings. The van der Waals surface area contributed by atoms with E-state index in [1.807, 2.05) is 18.2 Å². The molecule has 1 aromatic carbocycles. The SMILES string of the molecule is COC[C@@H](N)c1ccc2nc([C@@H](N[S@+]([O-])C(C)(C)C)[C@@H](C)O[C@@H](C)C(F)(F)F)n(COCC[Si](C)(C)C)c2c1. The summed E-state index contributed by atoms with van der Waals surface area (Å²) in [5.74, 6) is 0.370. The van der Waals surface area contributed by atoms with Crippen LogP contribution in [0.1, 0.15) is 58.1 Å². The molecule has 224 valence electrons. The second-order valence-corrected chi connectivity index (χ2v) is 19.7. The van der Waals surface area contributed by atoms with Crippen molar-refractivity contribution in [2.24, 2.45) is 5.73 Å². The first-order valence-corrected chi connectivity index (χ1v) is 17.9. The molecule has 13 heteroatoms. The molecule has 1 heterocycles. The van der Waals surface area contributed by atoms with Gasteiger partial charge in [0.25, 0.3) is 0 Å². The van der Waals surface area contributed by atoms with E-state index in [4.69, 9.17) is 24.9 Å². The van der Waals surface area contributed by atoms with Crippen LogP contribution in [0.3, 0.4) is 0 Å². The minimum atomic E-state index is -4.55. The Bertz CT molecular complexity index is 1060. The first-order valence-electron chi connectivity index (χ1n) is 13.1. The summed E-state index contributed by atoms with van der Waals surface area (Å²) in [6.07, 6.45) is -7.60. The molecule has 0 aliphatic heterocycles. The molecule has 0 unspecified atom stereocenters. The standard InChI is InChI=1S/C26H45F3N4O4SSi/c1-17(37-18(2)26(27,28)29)23(32-38(34)25(3,4)5)24-31-21-11-10-19(20(30)15-35-6)14-22(21)33(24)16-36-12-13-39(7,8)9/h10-11,14,17-18,20,23,32H,12-13,15-16,30H2,1-9H3/t17-,18+,20-,23+,38-/m1/s1. The second-order valence-electron chi connectivity index (χ2n) is 12.1. The Kier molecular flexibility index (Phi) is 11.9. The van der Waals surface area contributed by atoms with Gasteiger partial charge in [-0.1, -0.05) is 25.7 Å². The highest BCUT2D eigenvalue weighted by Gasteiger charge is 2.42. The molecular weight excluding hydrogens is 549 g/mol. The number of benzene rings is 1. The van der Waals surface area contributed by atoms with Gasteiger partial charge in [0.1, 0.15) is 23.3 Å². The number of hydrogen-bond acceptors (Lipinski definition) is 7. The summed E-state index contributed by atoms with van der Waals surface area (Å²) >= 11 is -1.62. The fraction of sp³-hybridized carbons (Fsp3) is 0.731. The van der Waals surface area contributed by atoms with Gasteiger partial charge >= 0.3 is 6.18 Å². The van der Waals surface area contributed by atoms with Crippen molar-refractivity contribution in [3.05, 3.63) is 29.6 Å². The van der Waals surface area contributed by atoms with Crippen LogP contribution in [0.4, 0.5) is 13.2 Å². The largest absolute Gasteiger partial charge is 0.598 e. The van der Waals surface area contributed by atoms with Crippen LogP contribution >= 0.6 is 0 Å². The maximum atomic E-state index is 13.4. The summed E-state index contributed by atoms with van der Waals surface area (Å²) in [5, 5.41) is 0. The number of nitrogens with zero attached hydrogens (tertiary/aromatic N) is 2. The molecule has 0 saturated heterocycles. The van der Waals surface area contributed by atoms with Crippen LogP contribution in [0.5, 0.6) is 0 Å². The van der Waals surface area contributed by atoms with Gasteiger partial charge in [0, 0.05) is 33.2 Å². The summed E-state index contributed by atoms with van der Waals surface area (Å²) in [6.45, 7) is 15.5. The van der Waals surface area contributed by atoms with Crippen LogP contribution in [-0.4, -0.2) is 65.6 Å². The zero-order chi connectivity index (χ0) is 29.8. The summed E-state index contributed by atoms with van der Waals surface area (Å²) in [7, 11) is 0.214. The van der Waals surface area contributed by atoms with Gasteiger partial charge < -0.3 is 29.1 Å². The van der Waals surface area contributed by atoms with Gasteiger partial charge in [0.15, 0.2) is 6.10 Å². The lowest BCUT2D eigenvalue weighted by atomic mass is 10.1. The molecule has 2 rings (SSSR count). The molecule has 3 N–H and O–H groups in total. The number of alkyl halides is 3. The van der Waals surface area contributed by atoms with Gasteiger partial charge in [0.2, 0.25) is 0 Å². The summed E-state index contributed by atoms with van der Waals surface area (Å²) in [6, 6.07) is 5.18. The number of imidazole rings is 1. The Morgan fingerprint density at radius 1 is 1.18 bits per heavy atom. The quantitative estimate of drug-likeness (QED) is 0.170. The molecule has 0 amide bonds. The van der Waals surface area contributed by atoms with Crippen molar-refractivity contribution in [3.63, 3.8) is 0 Å². The smallest absolute Gasteiger partial charge is 0.414 e. The summed E-state index contributed by atoms with van der Waals surface area (Å²) < 4.78 is 74.2. The Morgan fingerprint density at radius 2 is 1.82 bits per heavy atom. The van der Waals surface area contributed by atoms with Crippen LogP contribution in [0.15, 0.2) is 18.2 Å². The Hall–Kier alpha value is -1.19. The average Bonchev–Trinajstić information content (AvgIpc) is 3.15. The fourth-order valence-electron chi connectivity index (χ4n) is 3.70. The molecule has 0 aliphatic rings. The third-order valence-corrected chi connectivity index (χ3v) is 9.49. The lowest BCUT2D eigenvalue weighted by Gasteiger charge is -2.32. The predicted molar refractivity (Wildman–Crippen MR) is 152 cm³/mol. The van der Waals surface area contributed by atoms with E-state index in [1.54, 1.807) is 32.4 Å². The molecule has 1 aromatic heterocycles. The number of rotatable bonds is 14. The van der Waals surface area contributed by atoms with E-state index in [1.165, 1.54) is 6.92 Å². The van der Waals surface area contributed by atoms with Crippen LogP contribution in [0.2, 0.25) is 25.7 Å². The van der Waals surface area contributed by atoms with Crippen molar-refractivity contribution < 1.29 is 31.9 Å². The third kappa shape index (κ3) is 9.99. The molecule has 39 heavy (non-hydrogen) atoms. The zero-order valence-electron chi connectivity index (χ0n) is 24.5. The van der Waals surface area contributed by atoms with Gasteiger partial charge in [-0.25, -0.2) is 4.98 Å². The molecule has 0 spiro atoms. The molecule has 0 radical (unpaired) electrons. The maximum absolute atomic E-state index is 13.4. The van der Waals surface area contributed by atoms with Crippen LogP contribution in [0, 0.1) is 0 Å². The van der Waals surface area contributed by atoms with E-state index in [2.05, 4.69) is 24.4 Å². The number of nitrogens with one attached hydrogen (secondary N) is 1. The van der Waals surface area contributed by atoms with Crippen molar-refractivity contribution in [1.29, 1.82) is 0 Å². The fourth-order valence-corrected chi connectivity index (χ4v) is 5.34. The number of aromatic nitrogens is 2. The van der Waals surface area contributed by atoms with Crippen LogP contribution < -0.4 is 10.5 Å². The van der Waals surface area contributed by atoms with Crippen molar-refractivity contribution in [1.82, 2.24) is 14.3 Å². The number of methoxy groups -OCH3 is 1. The Balaban J connectivity index is 2.60. The molecule has 5 atom stereocenters. The maximum Gasteiger partial charge on any atom is 0.414 e. The van der Waals surface area contributed by atoms with E-state index < -0.39 is 48.6 Å². The number of hydrogen-bond donors (Lipinski definition) is 2. The molecule has 2 aromatic rings. The van der Waals surface area contributed by atoms with Crippen molar-refractivity contribution in [2.75, 3.05) is 20.3 Å². The number of nitrogens with two attached hydrogens (primary N) is 1. The first kappa shape index (κ1) is 34.0. The zero-order valence-corrected chi connectivity index (χ0v) is 26.3. The molecule has 0 aliphatic carbocycles. The van der Waals surface area contributed by atoms with Gasteiger partial charge in [-0.3, -0.25) is 0 Å². The highest BCUT2D eigenvalue weighted by atomic mass is 32.2. The average molecular weight is 595 g/mol. The number of ether oxygens (including phenoxy) is 3. The summed E-state index contributed by atoms with van der Waals surface area (Å²) in [5.41, 5.74) is 8.40.